The Kier molecular flexibility index (Phi) is 7.08. The van der Waals surface area contributed by atoms with Gasteiger partial charge in [-0.15, -0.1) is 0 Å². The van der Waals surface area contributed by atoms with Crippen LogP contribution in [0.15, 0.2) is 66.3 Å². The van der Waals surface area contributed by atoms with Crippen LogP contribution in [0.3, 0.4) is 0 Å². The second kappa shape index (κ2) is 9.74. The molecule has 3 aromatic rings. The number of fused-ring (bicyclic) bond motifs is 1. The number of hydrogen-bond acceptors (Lipinski definition) is 3. The van der Waals surface area contributed by atoms with Crippen molar-refractivity contribution in [1.82, 2.24) is 9.55 Å². The van der Waals surface area contributed by atoms with Crippen molar-refractivity contribution >= 4 is 34.2 Å². The molecule has 6 heteroatoms. The Balaban J connectivity index is 1.64. The normalized spacial score (nSPS) is 13.2. The molecule has 1 N–H and O–H groups in total. The van der Waals surface area contributed by atoms with Crippen molar-refractivity contribution in [3.63, 3.8) is 0 Å². The molecule has 0 aliphatic heterocycles. The fourth-order valence-corrected chi connectivity index (χ4v) is 3.20. The van der Waals surface area contributed by atoms with Gasteiger partial charge in [-0.2, -0.15) is 0 Å². The number of aromatic nitrogens is 2. The predicted octanol–water partition coefficient (Wildman–Crippen LogP) is 5.76. The molecule has 0 saturated heterocycles. The molecule has 0 saturated carbocycles. The lowest BCUT2D eigenvalue weighted by molar-refractivity contribution is -0.121. The molecule has 0 bridgehead atoms. The van der Waals surface area contributed by atoms with Crippen molar-refractivity contribution in [2.24, 2.45) is 7.05 Å². The average Bonchev–Trinajstić information content (AvgIpc) is 3.06. The summed E-state index contributed by atoms with van der Waals surface area (Å²) in [5.74, 6) is 0.650. The van der Waals surface area contributed by atoms with E-state index in [1.165, 1.54) is 0 Å². The van der Waals surface area contributed by atoms with Gasteiger partial charge < -0.3 is 14.6 Å². The van der Waals surface area contributed by atoms with Gasteiger partial charge in [-0.25, -0.2) is 4.98 Å². The monoisotopic (exact) mass is 423 g/mol. The van der Waals surface area contributed by atoms with Crippen LogP contribution in [0.4, 0.5) is 5.69 Å². The number of carbonyl (C=O) groups excluding carboxylic acids is 1. The number of nitrogens with zero attached hydrogens (tertiary/aromatic N) is 2. The molecular formula is C24H26ClN3O2. The van der Waals surface area contributed by atoms with Gasteiger partial charge in [0.1, 0.15) is 12.4 Å². The van der Waals surface area contributed by atoms with Crippen LogP contribution in [0, 0.1) is 0 Å². The molecule has 1 unspecified atom stereocenters. The smallest absolute Gasteiger partial charge is 0.250 e. The summed E-state index contributed by atoms with van der Waals surface area (Å²) in [4.78, 5) is 16.9. The third-order valence-electron chi connectivity index (χ3n) is 4.93. The number of halogens is 1. The molecular weight excluding hydrogens is 398 g/mol. The number of aryl methyl sites for hydroxylation is 1. The first-order chi connectivity index (χ1) is 14.4. The molecule has 0 fully saturated rings. The lowest BCUT2D eigenvalue weighted by Gasteiger charge is -2.13. The number of rotatable bonds is 7. The third kappa shape index (κ3) is 5.17. The summed E-state index contributed by atoms with van der Waals surface area (Å²) < 4.78 is 7.66. The second-order valence-corrected chi connectivity index (χ2v) is 7.58. The molecule has 0 radical (unpaired) electrons. The number of amides is 1. The molecule has 0 spiro atoms. The van der Waals surface area contributed by atoms with Gasteiger partial charge in [0.05, 0.1) is 17.1 Å². The van der Waals surface area contributed by atoms with E-state index in [2.05, 4.69) is 10.3 Å². The Bertz CT molecular complexity index is 1100. The van der Waals surface area contributed by atoms with Crippen molar-refractivity contribution in [2.75, 3.05) is 11.9 Å². The van der Waals surface area contributed by atoms with Gasteiger partial charge in [-0.3, -0.25) is 4.79 Å². The number of ether oxygens (including phenoxy) is 1. The zero-order valence-electron chi connectivity index (χ0n) is 17.6. The van der Waals surface area contributed by atoms with Crippen LogP contribution in [-0.4, -0.2) is 28.2 Å². The van der Waals surface area contributed by atoms with Gasteiger partial charge >= 0.3 is 0 Å². The molecule has 1 aromatic heterocycles. The van der Waals surface area contributed by atoms with Crippen LogP contribution < -0.4 is 5.32 Å². The Labute approximate surface area is 182 Å². The number of allylic oxidation sites excluding steroid dienone is 3. The van der Waals surface area contributed by atoms with E-state index in [9.17, 15) is 4.79 Å². The summed E-state index contributed by atoms with van der Waals surface area (Å²) in [6, 6.07) is 13.2. The molecule has 1 amide bonds. The summed E-state index contributed by atoms with van der Waals surface area (Å²) in [5, 5.41) is 3.54. The maximum atomic E-state index is 12.2. The molecule has 1 atom stereocenters. The van der Waals surface area contributed by atoms with Gasteiger partial charge in [0.15, 0.2) is 0 Å². The van der Waals surface area contributed by atoms with E-state index in [1.807, 2.05) is 93.1 Å². The first kappa shape index (κ1) is 21.8. The Morgan fingerprint density at radius 1 is 1.27 bits per heavy atom. The highest BCUT2D eigenvalue weighted by Gasteiger charge is 2.11. The third-order valence-corrected chi connectivity index (χ3v) is 5.16. The van der Waals surface area contributed by atoms with Crippen LogP contribution in [-0.2, 0) is 16.6 Å². The SMILES string of the molecule is C/C=C\C=C(\C)C(C)OCC(=O)Nc1ccc(-c2nc3ccc(Cl)cc3n2C)cc1. The molecule has 1 heterocycles. The fraction of sp³-hybridized carbons (Fsp3) is 0.250. The van der Waals surface area contributed by atoms with Crippen molar-refractivity contribution in [2.45, 2.75) is 26.9 Å². The van der Waals surface area contributed by atoms with Crippen molar-refractivity contribution in [1.29, 1.82) is 0 Å². The summed E-state index contributed by atoms with van der Waals surface area (Å²) in [6.07, 6.45) is 5.77. The van der Waals surface area contributed by atoms with E-state index in [1.54, 1.807) is 0 Å². The Morgan fingerprint density at radius 3 is 2.70 bits per heavy atom. The minimum absolute atomic E-state index is 0.00451. The lowest BCUT2D eigenvalue weighted by atomic mass is 10.2. The first-order valence-corrected chi connectivity index (χ1v) is 10.2. The summed E-state index contributed by atoms with van der Waals surface area (Å²) in [5.41, 5.74) is 4.59. The van der Waals surface area contributed by atoms with Crippen LogP contribution >= 0.6 is 11.6 Å². The molecule has 0 aliphatic rings. The lowest BCUT2D eigenvalue weighted by Crippen LogP contribution is -2.22. The zero-order chi connectivity index (χ0) is 21.7. The molecule has 3 rings (SSSR count). The summed E-state index contributed by atoms with van der Waals surface area (Å²) in [7, 11) is 1.96. The highest BCUT2D eigenvalue weighted by Crippen LogP contribution is 2.26. The van der Waals surface area contributed by atoms with Gasteiger partial charge in [-0.05, 0) is 68.8 Å². The maximum Gasteiger partial charge on any atom is 0.250 e. The number of carbonyl (C=O) groups is 1. The van der Waals surface area contributed by atoms with Crippen molar-refractivity contribution < 1.29 is 9.53 Å². The maximum absolute atomic E-state index is 12.2. The van der Waals surface area contributed by atoms with E-state index >= 15 is 0 Å². The van der Waals surface area contributed by atoms with E-state index < -0.39 is 0 Å². The summed E-state index contributed by atoms with van der Waals surface area (Å²) in [6.45, 7) is 5.87. The zero-order valence-corrected chi connectivity index (χ0v) is 18.4. The average molecular weight is 424 g/mol. The van der Waals surface area contributed by atoms with Gasteiger partial charge in [0.25, 0.3) is 0 Å². The largest absolute Gasteiger partial charge is 0.364 e. The van der Waals surface area contributed by atoms with Crippen LogP contribution in [0.2, 0.25) is 5.02 Å². The van der Waals surface area contributed by atoms with Gasteiger partial charge in [-0.1, -0.05) is 29.8 Å². The number of anilines is 1. The Hall–Kier alpha value is -2.89. The topological polar surface area (TPSA) is 56.1 Å². The van der Waals surface area contributed by atoms with Crippen LogP contribution in [0.25, 0.3) is 22.4 Å². The molecule has 0 aliphatic carbocycles. The van der Waals surface area contributed by atoms with Gasteiger partial charge in [0.2, 0.25) is 5.91 Å². The minimum Gasteiger partial charge on any atom is -0.364 e. The highest BCUT2D eigenvalue weighted by molar-refractivity contribution is 6.31. The van der Waals surface area contributed by atoms with Crippen LogP contribution in [0.5, 0.6) is 0 Å². The first-order valence-electron chi connectivity index (χ1n) is 9.82. The number of hydrogen-bond donors (Lipinski definition) is 1. The quantitative estimate of drug-likeness (QED) is 0.491. The van der Waals surface area contributed by atoms with Crippen molar-refractivity contribution in [3.8, 4) is 11.4 Å². The molecule has 5 nitrogen and oxygen atoms in total. The number of nitrogens with one attached hydrogen (secondary N) is 1. The van der Waals surface area contributed by atoms with E-state index in [0.717, 1.165) is 28.0 Å². The Morgan fingerprint density at radius 2 is 2.00 bits per heavy atom. The standard InChI is InChI=1S/C24H26ClN3O2/c1-5-6-7-16(2)17(3)30-15-23(29)26-20-11-8-18(9-12-20)24-27-21-13-10-19(25)14-22(21)28(24)4/h5-14,17H,15H2,1-4H3,(H,26,29)/b6-5-,16-7-. The minimum atomic E-state index is -0.189. The van der Waals surface area contributed by atoms with Gasteiger partial charge in [0, 0.05) is 23.3 Å². The molecule has 2 aromatic carbocycles. The highest BCUT2D eigenvalue weighted by atomic mass is 35.5. The van der Waals surface area contributed by atoms with E-state index in [4.69, 9.17) is 16.3 Å². The molecule has 30 heavy (non-hydrogen) atoms. The van der Waals surface area contributed by atoms with Crippen LogP contribution in [0.1, 0.15) is 20.8 Å². The fourth-order valence-electron chi connectivity index (χ4n) is 3.04. The number of imidazole rings is 1. The molecule has 156 valence electrons. The number of benzene rings is 2. The predicted molar refractivity (Wildman–Crippen MR) is 124 cm³/mol. The summed E-state index contributed by atoms with van der Waals surface area (Å²) >= 11 is 6.10. The van der Waals surface area contributed by atoms with E-state index in [0.29, 0.717) is 10.7 Å². The van der Waals surface area contributed by atoms with E-state index in [-0.39, 0.29) is 18.6 Å². The second-order valence-electron chi connectivity index (χ2n) is 7.14. The van der Waals surface area contributed by atoms with Crippen molar-refractivity contribution in [3.05, 3.63) is 71.3 Å².